The van der Waals surface area contributed by atoms with E-state index in [9.17, 15) is 9.46 Å². The van der Waals surface area contributed by atoms with Gasteiger partial charge in [-0.3, -0.25) is 4.57 Å². The molecule has 0 heterocycles. The first-order chi connectivity index (χ1) is 6.13. The summed E-state index contributed by atoms with van der Waals surface area (Å²) in [4.78, 5) is 9.39. The van der Waals surface area contributed by atoms with Gasteiger partial charge in [0.1, 0.15) is 0 Å². The average molecular weight is 221 g/mol. The molecule has 0 radical (unpaired) electrons. The molecule has 3 atom stereocenters. The summed E-state index contributed by atoms with van der Waals surface area (Å²) < 4.78 is 11.4. The van der Waals surface area contributed by atoms with Crippen molar-refractivity contribution in [2.75, 3.05) is 6.66 Å². The first-order valence-corrected chi connectivity index (χ1v) is 7.33. The van der Waals surface area contributed by atoms with Crippen LogP contribution in [0.1, 0.15) is 41.0 Å². The topological polar surface area (TPSA) is 49.3 Å². The molecule has 0 aromatic heterocycles. The van der Waals surface area contributed by atoms with Crippen LogP contribution < -0.4 is 5.09 Å². The van der Waals surface area contributed by atoms with E-state index in [0.717, 1.165) is 6.42 Å². The van der Waals surface area contributed by atoms with E-state index in [2.05, 4.69) is 32.8 Å². The van der Waals surface area contributed by atoms with Crippen molar-refractivity contribution in [2.45, 2.75) is 46.6 Å². The van der Waals surface area contributed by atoms with Gasteiger partial charge in [0.2, 0.25) is 0 Å². The molecule has 0 saturated carbocycles. The normalized spacial score (nSPS) is 22.9. The van der Waals surface area contributed by atoms with Gasteiger partial charge in [-0.2, -0.15) is 0 Å². The standard InChI is InChI=1S/C10H24NO2P/c1-7-9(4)10(5,8(2)3)11-14(6,12)13/h8-9H,7H2,1-6H3,(H2,11,12,13). The molecule has 0 rings (SSSR count). The number of hydrogen-bond acceptors (Lipinski definition) is 1. The second-order valence-electron chi connectivity index (χ2n) is 4.74. The Morgan fingerprint density at radius 2 is 1.86 bits per heavy atom. The van der Waals surface area contributed by atoms with Gasteiger partial charge in [0.25, 0.3) is 7.52 Å². The lowest BCUT2D eigenvalue weighted by molar-refractivity contribution is 0.197. The molecule has 0 aromatic rings. The molecule has 0 aromatic carbocycles. The SMILES string of the molecule is CCC(C)C(C)(NP(C)(=O)O)C(C)C. The van der Waals surface area contributed by atoms with E-state index in [1.165, 1.54) is 6.66 Å². The van der Waals surface area contributed by atoms with Crippen LogP contribution in [0.3, 0.4) is 0 Å². The van der Waals surface area contributed by atoms with E-state index in [1.807, 2.05) is 6.92 Å². The van der Waals surface area contributed by atoms with E-state index < -0.39 is 7.52 Å². The van der Waals surface area contributed by atoms with Crippen molar-refractivity contribution in [3.8, 4) is 0 Å². The van der Waals surface area contributed by atoms with Crippen LogP contribution in [0.2, 0.25) is 0 Å². The summed E-state index contributed by atoms with van der Waals surface area (Å²) in [6.45, 7) is 11.8. The van der Waals surface area contributed by atoms with E-state index in [-0.39, 0.29) is 5.54 Å². The summed E-state index contributed by atoms with van der Waals surface area (Å²) in [5.74, 6) is 0.709. The van der Waals surface area contributed by atoms with E-state index in [0.29, 0.717) is 11.8 Å². The van der Waals surface area contributed by atoms with Crippen molar-refractivity contribution >= 4 is 7.52 Å². The van der Waals surface area contributed by atoms with Crippen LogP contribution in [0.25, 0.3) is 0 Å². The van der Waals surface area contributed by atoms with E-state index >= 15 is 0 Å². The minimum absolute atomic E-state index is 0.270. The predicted molar refractivity (Wildman–Crippen MR) is 61.6 cm³/mol. The van der Waals surface area contributed by atoms with Crippen molar-refractivity contribution < 1.29 is 9.46 Å². The Morgan fingerprint density at radius 3 is 2.07 bits per heavy atom. The maximum Gasteiger partial charge on any atom is 0.264 e. The summed E-state index contributed by atoms with van der Waals surface area (Å²) in [7, 11) is -3.16. The smallest absolute Gasteiger partial charge is 0.264 e. The molecular formula is C10H24NO2P. The Hall–Kier alpha value is 0.150. The second-order valence-corrected chi connectivity index (χ2v) is 6.72. The highest BCUT2D eigenvalue weighted by atomic mass is 31.2. The molecule has 0 spiro atoms. The fourth-order valence-corrected chi connectivity index (χ4v) is 3.05. The van der Waals surface area contributed by atoms with Gasteiger partial charge in [-0.25, -0.2) is 5.09 Å². The fraction of sp³-hybridized carbons (Fsp3) is 1.00. The summed E-state index contributed by atoms with van der Waals surface area (Å²) in [5.41, 5.74) is -0.270. The van der Waals surface area contributed by atoms with Crippen LogP contribution in [-0.4, -0.2) is 17.1 Å². The van der Waals surface area contributed by atoms with Gasteiger partial charge >= 0.3 is 0 Å². The molecule has 2 N–H and O–H groups in total. The zero-order valence-electron chi connectivity index (χ0n) is 10.2. The first kappa shape index (κ1) is 14.2. The Morgan fingerprint density at radius 1 is 1.43 bits per heavy atom. The van der Waals surface area contributed by atoms with Crippen LogP contribution in [0.4, 0.5) is 0 Å². The molecule has 86 valence electrons. The van der Waals surface area contributed by atoms with E-state index in [4.69, 9.17) is 0 Å². The van der Waals surface area contributed by atoms with Gasteiger partial charge in [0, 0.05) is 12.2 Å². The minimum atomic E-state index is -3.16. The molecule has 0 bridgehead atoms. The van der Waals surface area contributed by atoms with Gasteiger partial charge in [0.05, 0.1) is 0 Å². The summed E-state index contributed by atoms with van der Waals surface area (Å²) in [6.07, 6.45) is 1.00. The molecule has 0 saturated heterocycles. The Labute approximate surface area is 87.8 Å². The molecule has 0 amide bonds. The predicted octanol–water partition coefficient (Wildman–Crippen LogP) is 2.85. The molecule has 0 fully saturated rings. The van der Waals surface area contributed by atoms with Crippen LogP contribution in [0.15, 0.2) is 0 Å². The van der Waals surface area contributed by atoms with Crippen molar-refractivity contribution in [1.29, 1.82) is 0 Å². The van der Waals surface area contributed by atoms with Gasteiger partial charge in [-0.1, -0.05) is 34.1 Å². The quantitative estimate of drug-likeness (QED) is 0.702. The largest absolute Gasteiger partial charge is 0.333 e. The lowest BCUT2D eigenvalue weighted by Crippen LogP contribution is -2.50. The molecule has 0 aliphatic carbocycles. The van der Waals surface area contributed by atoms with Crippen molar-refractivity contribution in [3.63, 3.8) is 0 Å². The van der Waals surface area contributed by atoms with Crippen molar-refractivity contribution in [1.82, 2.24) is 5.09 Å². The Balaban J connectivity index is 4.82. The van der Waals surface area contributed by atoms with Crippen molar-refractivity contribution in [2.24, 2.45) is 11.8 Å². The third kappa shape index (κ3) is 3.72. The first-order valence-electron chi connectivity index (χ1n) is 5.23. The minimum Gasteiger partial charge on any atom is -0.333 e. The highest BCUT2D eigenvalue weighted by molar-refractivity contribution is 7.55. The zero-order valence-corrected chi connectivity index (χ0v) is 11.1. The number of hydrogen-bond donors (Lipinski definition) is 2. The Bertz CT molecular complexity index is 224. The molecule has 4 heteroatoms. The lowest BCUT2D eigenvalue weighted by Gasteiger charge is -2.40. The molecule has 0 aliphatic heterocycles. The van der Waals surface area contributed by atoms with Crippen molar-refractivity contribution in [3.05, 3.63) is 0 Å². The van der Waals surface area contributed by atoms with Gasteiger partial charge in [0.15, 0.2) is 0 Å². The van der Waals surface area contributed by atoms with Gasteiger partial charge < -0.3 is 4.89 Å². The zero-order chi connectivity index (χ0) is 11.6. The van der Waals surface area contributed by atoms with Gasteiger partial charge in [-0.15, -0.1) is 0 Å². The molecule has 3 nitrogen and oxygen atoms in total. The molecule has 0 aliphatic rings. The summed E-state index contributed by atoms with van der Waals surface area (Å²) in [5, 5.41) is 2.89. The fourth-order valence-electron chi connectivity index (χ4n) is 1.68. The number of nitrogens with one attached hydrogen (secondary N) is 1. The second kappa shape index (κ2) is 4.78. The van der Waals surface area contributed by atoms with Crippen LogP contribution in [-0.2, 0) is 4.57 Å². The maximum atomic E-state index is 11.4. The Kier molecular flexibility index (Phi) is 4.83. The lowest BCUT2D eigenvalue weighted by atomic mass is 9.77. The highest BCUT2D eigenvalue weighted by Crippen LogP contribution is 2.39. The average Bonchev–Trinajstić information content (AvgIpc) is 1.99. The summed E-state index contributed by atoms with van der Waals surface area (Å²) >= 11 is 0. The third-order valence-electron chi connectivity index (χ3n) is 3.28. The number of rotatable bonds is 5. The van der Waals surface area contributed by atoms with Gasteiger partial charge in [-0.05, 0) is 18.8 Å². The molecule has 3 unspecified atom stereocenters. The highest BCUT2D eigenvalue weighted by Gasteiger charge is 2.36. The monoisotopic (exact) mass is 221 g/mol. The van der Waals surface area contributed by atoms with E-state index in [1.54, 1.807) is 0 Å². The maximum absolute atomic E-state index is 11.4. The molecular weight excluding hydrogens is 197 g/mol. The third-order valence-corrected chi connectivity index (χ3v) is 4.18. The van der Waals surface area contributed by atoms with Crippen LogP contribution in [0, 0.1) is 11.8 Å². The summed E-state index contributed by atoms with van der Waals surface area (Å²) in [6, 6.07) is 0. The van der Waals surface area contributed by atoms with Crippen LogP contribution in [0.5, 0.6) is 0 Å². The molecule has 14 heavy (non-hydrogen) atoms. The van der Waals surface area contributed by atoms with Crippen LogP contribution >= 0.6 is 7.52 Å².